The molecule has 14 heavy (non-hydrogen) atoms. The summed E-state index contributed by atoms with van der Waals surface area (Å²) in [7, 11) is 0. The van der Waals surface area contributed by atoms with Gasteiger partial charge in [-0.1, -0.05) is 6.92 Å². The smallest absolute Gasteiger partial charge is 0.305 e. The lowest BCUT2D eigenvalue weighted by atomic mass is 10.3. The van der Waals surface area contributed by atoms with E-state index in [2.05, 4.69) is 0 Å². The molecule has 1 saturated heterocycles. The van der Waals surface area contributed by atoms with Gasteiger partial charge in [0.25, 0.3) is 0 Å². The summed E-state index contributed by atoms with van der Waals surface area (Å²) < 4.78 is 10.3. The van der Waals surface area contributed by atoms with Crippen LogP contribution in [0.25, 0.3) is 0 Å². The van der Waals surface area contributed by atoms with Gasteiger partial charge in [0.15, 0.2) is 0 Å². The monoisotopic (exact) mass is 202 g/mol. The quantitative estimate of drug-likeness (QED) is 0.596. The Hall–Kier alpha value is -0.610. The lowest BCUT2D eigenvalue weighted by Crippen LogP contribution is -3.14. The van der Waals surface area contributed by atoms with Gasteiger partial charge in [-0.2, -0.15) is 0 Å². The van der Waals surface area contributed by atoms with Gasteiger partial charge in [0.05, 0.1) is 13.2 Å². The minimum absolute atomic E-state index is 0.0693. The summed E-state index contributed by atoms with van der Waals surface area (Å²) >= 11 is 0. The first-order chi connectivity index (χ1) is 6.83. The summed E-state index contributed by atoms with van der Waals surface area (Å²) in [6, 6.07) is 0. The highest BCUT2D eigenvalue weighted by Gasteiger charge is 2.13. The molecule has 0 radical (unpaired) electrons. The first kappa shape index (κ1) is 11.5. The van der Waals surface area contributed by atoms with Gasteiger partial charge in [0.2, 0.25) is 0 Å². The zero-order valence-corrected chi connectivity index (χ0v) is 8.88. The predicted molar refractivity (Wildman–Crippen MR) is 52.2 cm³/mol. The normalized spacial score (nSPS) is 18.1. The molecule has 0 aliphatic carbocycles. The molecule has 0 aromatic carbocycles. The van der Waals surface area contributed by atoms with Crippen molar-refractivity contribution in [3.05, 3.63) is 0 Å². The lowest BCUT2D eigenvalue weighted by molar-refractivity contribution is -0.908. The van der Waals surface area contributed by atoms with Crippen LogP contribution >= 0.6 is 0 Å². The van der Waals surface area contributed by atoms with Crippen LogP contribution in [0.15, 0.2) is 0 Å². The van der Waals surface area contributed by atoms with Gasteiger partial charge in [0, 0.05) is 6.42 Å². The second-order valence-electron chi connectivity index (χ2n) is 3.58. The molecule has 4 heteroatoms. The van der Waals surface area contributed by atoms with E-state index in [1.54, 1.807) is 0 Å². The van der Waals surface area contributed by atoms with Crippen molar-refractivity contribution in [2.24, 2.45) is 0 Å². The summed E-state index contributed by atoms with van der Waals surface area (Å²) in [6.07, 6.45) is 1.40. The summed E-state index contributed by atoms with van der Waals surface area (Å²) in [6.45, 7) is 7.18. The van der Waals surface area contributed by atoms with E-state index in [1.807, 2.05) is 6.92 Å². The van der Waals surface area contributed by atoms with Crippen LogP contribution in [0, 0.1) is 0 Å². The van der Waals surface area contributed by atoms with E-state index < -0.39 is 0 Å². The van der Waals surface area contributed by atoms with Gasteiger partial charge in [0.1, 0.15) is 26.2 Å². The Morgan fingerprint density at radius 2 is 2.14 bits per heavy atom. The molecule has 0 atom stereocenters. The van der Waals surface area contributed by atoms with Gasteiger partial charge in [-0.15, -0.1) is 0 Å². The van der Waals surface area contributed by atoms with Crippen molar-refractivity contribution in [2.45, 2.75) is 19.8 Å². The van der Waals surface area contributed by atoms with Crippen molar-refractivity contribution in [2.75, 3.05) is 39.5 Å². The molecule has 1 rings (SSSR count). The summed E-state index contributed by atoms with van der Waals surface area (Å²) in [5.41, 5.74) is 0. The van der Waals surface area contributed by atoms with Gasteiger partial charge in [-0.3, -0.25) is 4.79 Å². The molecule has 1 aliphatic rings. The molecular formula is C10H20NO3+. The van der Waals surface area contributed by atoms with Gasteiger partial charge in [-0.05, 0) is 6.42 Å². The third kappa shape index (κ3) is 4.58. The second kappa shape index (κ2) is 6.79. The van der Waals surface area contributed by atoms with Crippen LogP contribution in [-0.2, 0) is 14.3 Å². The highest BCUT2D eigenvalue weighted by atomic mass is 16.5. The molecule has 1 N–H and O–H groups in total. The van der Waals surface area contributed by atoms with Crippen LogP contribution in [-0.4, -0.2) is 45.4 Å². The summed E-state index contributed by atoms with van der Waals surface area (Å²) in [5, 5.41) is 0. The highest BCUT2D eigenvalue weighted by molar-refractivity contribution is 5.69. The molecule has 1 aliphatic heterocycles. The molecule has 0 unspecified atom stereocenters. The Balaban J connectivity index is 1.99. The molecule has 0 bridgehead atoms. The average molecular weight is 202 g/mol. The van der Waals surface area contributed by atoms with Crippen molar-refractivity contribution in [1.82, 2.24) is 0 Å². The Labute approximate surface area is 85.2 Å². The number of morpholine rings is 1. The maximum atomic E-state index is 11.0. The highest BCUT2D eigenvalue weighted by Crippen LogP contribution is 1.89. The van der Waals surface area contributed by atoms with Crippen LogP contribution in [0.1, 0.15) is 19.8 Å². The Bertz CT molecular complexity index is 167. The zero-order valence-electron chi connectivity index (χ0n) is 8.88. The van der Waals surface area contributed by atoms with E-state index in [1.165, 1.54) is 4.90 Å². The van der Waals surface area contributed by atoms with Crippen molar-refractivity contribution in [1.29, 1.82) is 0 Å². The third-order valence-corrected chi connectivity index (χ3v) is 2.37. The number of nitrogens with one attached hydrogen (secondary N) is 1. The first-order valence-corrected chi connectivity index (χ1v) is 5.40. The van der Waals surface area contributed by atoms with Crippen molar-refractivity contribution < 1.29 is 19.2 Å². The number of quaternary nitrogens is 1. The van der Waals surface area contributed by atoms with Crippen molar-refractivity contribution >= 4 is 5.97 Å². The number of hydrogen-bond acceptors (Lipinski definition) is 3. The molecule has 1 fully saturated rings. The number of carbonyl (C=O) groups excluding carboxylic acids is 1. The molecule has 1 heterocycles. The van der Waals surface area contributed by atoms with Crippen LogP contribution in [0.2, 0.25) is 0 Å². The Kier molecular flexibility index (Phi) is 5.56. The van der Waals surface area contributed by atoms with Gasteiger partial charge in [-0.25, -0.2) is 0 Å². The molecule has 82 valence electrons. The molecular weight excluding hydrogens is 182 g/mol. The van der Waals surface area contributed by atoms with E-state index in [0.717, 1.165) is 39.3 Å². The summed E-state index contributed by atoms with van der Waals surface area (Å²) in [5.74, 6) is -0.0693. The second-order valence-corrected chi connectivity index (χ2v) is 3.58. The SMILES string of the molecule is CCCC(=O)OCC[NH+]1CCOCC1. The lowest BCUT2D eigenvalue weighted by Gasteiger charge is -2.23. The largest absolute Gasteiger partial charge is 0.460 e. The van der Waals surface area contributed by atoms with E-state index in [4.69, 9.17) is 9.47 Å². The molecule has 0 saturated carbocycles. The topological polar surface area (TPSA) is 40.0 Å². The number of ether oxygens (including phenoxy) is 2. The zero-order chi connectivity index (χ0) is 10.2. The van der Waals surface area contributed by atoms with Crippen molar-refractivity contribution in [3.63, 3.8) is 0 Å². The number of esters is 1. The van der Waals surface area contributed by atoms with E-state index >= 15 is 0 Å². The fourth-order valence-electron chi connectivity index (χ4n) is 1.50. The van der Waals surface area contributed by atoms with E-state index in [-0.39, 0.29) is 5.97 Å². The molecule has 0 amide bonds. The van der Waals surface area contributed by atoms with Crippen molar-refractivity contribution in [3.8, 4) is 0 Å². The molecule has 0 spiro atoms. The molecule has 4 nitrogen and oxygen atoms in total. The fourth-order valence-corrected chi connectivity index (χ4v) is 1.50. The number of rotatable bonds is 5. The Morgan fingerprint density at radius 1 is 1.43 bits per heavy atom. The maximum absolute atomic E-state index is 11.0. The maximum Gasteiger partial charge on any atom is 0.305 e. The average Bonchev–Trinajstić information content (AvgIpc) is 2.20. The molecule has 0 aromatic rings. The molecule has 0 aromatic heterocycles. The van der Waals surface area contributed by atoms with Gasteiger partial charge < -0.3 is 14.4 Å². The van der Waals surface area contributed by atoms with Crippen LogP contribution < -0.4 is 4.90 Å². The standard InChI is InChI=1S/C10H19NO3/c1-2-3-10(12)14-9-6-11-4-7-13-8-5-11/h2-9H2,1H3/p+1. The fraction of sp³-hybridized carbons (Fsp3) is 0.900. The third-order valence-electron chi connectivity index (χ3n) is 2.37. The van der Waals surface area contributed by atoms with Crippen LogP contribution in [0.5, 0.6) is 0 Å². The van der Waals surface area contributed by atoms with Crippen LogP contribution in [0.3, 0.4) is 0 Å². The number of hydrogen-bond donors (Lipinski definition) is 1. The Morgan fingerprint density at radius 3 is 2.79 bits per heavy atom. The van der Waals surface area contributed by atoms with E-state index in [0.29, 0.717) is 13.0 Å². The first-order valence-electron chi connectivity index (χ1n) is 5.40. The number of carbonyl (C=O) groups is 1. The van der Waals surface area contributed by atoms with E-state index in [9.17, 15) is 4.79 Å². The van der Waals surface area contributed by atoms with Gasteiger partial charge >= 0.3 is 5.97 Å². The predicted octanol–water partition coefficient (Wildman–Crippen LogP) is -0.755. The minimum Gasteiger partial charge on any atom is -0.460 e. The summed E-state index contributed by atoms with van der Waals surface area (Å²) in [4.78, 5) is 12.5. The van der Waals surface area contributed by atoms with Crippen LogP contribution in [0.4, 0.5) is 0 Å². The minimum atomic E-state index is -0.0693.